The van der Waals surface area contributed by atoms with E-state index < -0.39 is 19.8 Å². The molecule has 0 radical (unpaired) electrons. The molecule has 0 bridgehead atoms. The van der Waals surface area contributed by atoms with Crippen molar-refractivity contribution in [2.75, 3.05) is 0 Å². The van der Waals surface area contributed by atoms with Crippen LogP contribution in [0.3, 0.4) is 0 Å². The molecule has 0 unspecified atom stereocenters. The predicted molar refractivity (Wildman–Crippen MR) is 42.5 cm³/mol. The number of halogens is 4. The summed E-state index contributed by atoms with van der Waals surface area (Å²) in [5.41, 5.74) is 0. The van der Waals surface area contributed by atoms with Crippen molar-refractivity contribution in [1.82, 2.24) is 0 Å². The number of hydrogen-bond donors (Lipinski definition) is 1. The molecule has 0 aromatic rings. The Balaban J connectivity index is 0. The zero-order valence-electron chi connectivity index (χ0n) is 4.37. The van der Waals surface area contributed by atoms with Gasteiger partial charge in [-0.1, -0.05) is 0 Å². The number of carboxylic acid groups (broad SMARTS) is 1. The molecule has 0 amide bonds. The van der Waals surface area contributed by atoms with Gasteiger partial charge in [0.2, 0.25) is 0 Å². The molecule has 0 spiro atoms. The van der Waals surface area contributed by atoms with Crippen molar-refractivity contribution in [2.24, 2.45) is 0 Å². The normalized spacial score (nSPS) is 9.44. The monoisotopic (exact) mass is 320 g/mol. The first-order valence-corrected chi connectivity index (χ1v) is 16.1. The Labute approximate surface area is 71.8 Å². The summed E-state index contributed by atoms with van der Waals surface area (Å²) >= 11 is -3.29. The molecule has 0 aliphatic carbocycles. The van der Waals surface area contributed by atoms with Crippen LogP contribution in [0.1, 0.15) is 6.92 Å². The fraction of sp³-hybridized carbons (Fsp3) is 0.500. The summed E-state index contributed by atoms with van der Waals surface area (Å²) in [4.78, 5) is 9.00. The molecule has 2 nitrogen and oxygen atoms in total. The Morgan fingerprint density at radius 2 is 1.33 bits per heavy atom. The van der Waals surface area contributed by atoms with E-state index in [1.54, 1.807) is 0 Å². The minimum atomic E-state index is -3.29. The maximum atomic E-state index is 9.00. The molecular weight excluding hydrogens is 317 g/mol. The zero-order valence-corrected chi connectivity index (χ0v) is 10.2. The maximum absolute atomic E-state index is 9.00. The Hall–Kier alpha value is 1.43. The Morgan fingerprint density at radius 1 is 1.33 bits per heavy atom. The van der Waals surface area contributed by atoms with Gasteiger partial charge in [0.1, 0.15) is 0 Å². The third-order valence-corrected chi connectivity index (χ3v) is 0. The van der Waals surface area contributed by atoms with Crippen LogP contribution < -0.4 is 0 Å². The molecule has 0 fully saturated rings. The number of hydrogen-bond acceptors (Lipinski definition) is 1. The first-order valence-electron chi connectivity index (χ1n) is 1.68. The van der Waals surface area contributed by atoms with Gasteiger partial charge in [-0.25, -0.2) is 0 Å². The van der Waals surface area contributed by atoms with Gasteiger partial charge in [-0.3, -0.25) is 4.79 Å². The summed E-state index contributed by atoms with van der Waals surface area (Å²) in [6.45, 7) is 1.08. The van der Waals surface area contributed by atoms with Gasteiger partial charge in [0.25, 0.3) is 5.97 Å². The predicted octanol–water partition coefficient (Wildman–Crippen LogP) is 2.47. The van der Waals surface area contributed by atoms with Gasteiger partial charge in [0.05, 0.1) is 0 Å². The van der Waals surface area contributed by atoms with Crippen molar-refractivity contribution in [3.05, 3.63) is 0 Å². The van der Waals surface area contributed by atoms with E-state index in [1.165, 1.54) is 0 Å². The van der Waals surface area contributed by atoms with Gasteiger partial charge < -0.3 is 5.11 Å². The van der Waals surface area contributed by atoms with Gasteiger partial charge in [-0.2, -0.15) is 0 Å². The van der Waals surface area contributed by atoms with E-state index in [1.807, 2.05) is 0 Å². The SMILES string of the molecule is CC(=O)O.[Cl][Sn]([Cl])([Cl])[Cl]. The van der Waals surface area contributed by atoms with Crippen LogP contribution in [-0.2, 0) is 4.79 Å². The standard InChI is InChI=1S/C2H4O2.4ClH.Sn/c1-2(3)4;;;;;/h1H3,(H,3,4);4*1H;/q;;;;;+4/p-4. The van der Waals surface area contributed by atoms with E-state index in [2.05, 4.69) is 0 Å². The molecule has 1 N–H and O–H groups in total. The second-order valence-electron chi connectivity index (χ2n) is 0.948. The van der Waals surface area contributed by atoms with Crippen LogP contribution in [0.15, 0.2) is 0 Å². The third-order valence-electron chi connectivity index (χ3n) is 0. The van der Waals surface area contributed by atoms with Gasteiger partial charge >= 0.3 is 49.6 Å². The van der Waals surface area contributed by atoms with Gasteiger partial charge in [0.15, 0.2) is 0 Å². The van der Waals surface area contributed by atoms with Crippen LogP contribution in [0.5, 0.6) is 0 Å². The van der Waals surface area contributed by atoms with Gasteiger partial charge in [-0.15, -0.1) is 0 Å². The number of aliphatic carboxylic acids is 1. The molecule has 0 saturated heterocycles. The molecule has 56 valence electrons. The molecule has 0 rings (SSSR count). The Bertz CT molecular complexity index is 79.1. The third kappa shape index (κ3) is 255. The van der Waals surface area contributed by atoms with Crippen molar-refractivity contribution in [2.45, 2.75) is 6.92 Å². The number of carboxylic acids is 1. The van der Waals surface area contributed by atoms with Gasteiger partial charge in [0, 0.05) is 6.92 Å². The molecular formula is C2H4Cl4O2Sn. The number of carbonyl (C=O) groups is 1. The first kappa shape index (κ1) is 13.1. The summed E-state index contributed by atoms with van der Waals surface area (Å²) in [5.74, 6) is -0.833. The zero-order chi connectivity index (χ0) is 8.08. The second kappa shape index (κ2) is 6.16. The Morgan fingerprint density at radius 3 is 1.33 bits per heavy atom. The van der Waals surface area contributed by atoms with Crippen molar-refractivity contribution < 1.29 is 9.90 Å². The average molecular weight is 321 g/mol. The Kier molecular flexibility index (Phi) is 8.93. The van der Waals surface area contributed by atoms with E-state index in [0.717, 1.165) is 6.92 Å². The molecule has 7 heteroatoms. The summed E-state index contributed by atoms with van der Waals surface area (Å²) < 4.78 is 0. The number of rotatable bonds is 0. The molecule has 0 saturated carbocycles. The summed E-state index contributed by atoms with van der Waals surface area (Å²) in [5, 5.41) is 7.42. The van der Waals surface area contributed by atoms with E-state index in [4.69, 9.17) is 45.6 Å². The molecule has 9 heavy (non-hydrogen) atoms. The van der Waals surface area contributed by atoms with Crippen LogP contribution in [0.25, 0.3) is 0 Å². The van der Waals surface area contributed by atoms with Crippen LogP contribution >= 0.6 is 35.7 Å². The van der Waals surface area contributed by atoms with Crippen molar-refractivity contribution in [1.29, 1.82) is 0 Å². The average Bonchev–Trinajstić information content (AvgIpc) is 1.19. The summed E-state index contributed by atoms with van der Waals surface area (Å²) in [6.07, 6.45) is 0. The minimum absolute atomic E-state index is 0.833. The van der Waals surface area contributed by atoms with Crippen molar-refractivity contribution in [3.8, 4) is 0 Å². The first-order chi connectivity index (χ1) is 3.73. The molecule has 0 aliphatic rings. The van der Waals surface area contributed by atoms with Crippen molar-refractivity contribution >= 4 is 55.5 Å². The topological polar surface area (TPSA) is 37.3 Å². The van der Waals surface area contributed by atoms with E-state index in [-0.39, 0.29) is 0 Å². The van der Waals surface area contributed by atoms with Crippen LogP contribution in [0.2, 0.25) is 0 Å². The quantitative estimate of drug-likeness (QED) is 0.696. The molecule has 0 aliphatic heterocycles. The van der Waals surface area contributed by atoms with E-state index in [9.17, 15) is 0 Å². The van der Waals surface area contributed by atoms with Crippen LogP contribution in [0, 0.1) is 0 Å². The van der Waals surface area contributed by atoms with E-state index >= 15 is 0 Å². The van der Waals surface area contributed by atoms with Gasteiger partial charge in [-0.05, 0) is 0 Å². The molecule has 0 aromatic heterocycles. The summed E-state index contributed by atoms with van der Waals surface area (Å²) in [7, 11) is 20.1. The fourth-order valence-corrected chi connectivity index (χ4v) is 0. The second-order valence-corrected chi connectivity index (χ2v) is 26.4. The van der Waals surface area contributed by atoms with Crippen molar-refractivity contribution in [3.63, 3.8) is 0 Å². The fourth-order valence-electron chi connectivity index (χ4n) is 0. The molecule has 0 aromatic carbocycles. The molecule has 0 heterocycles. The van der Waals surface area contributed by atoms with Crippen LogP contribution in [0.4, 0.5) is 0 Å². The van der Waals surface area contributed by atoms with E-state index in [0.29, 0.717) is 0 Å². The summed E-state index contributed by atoms with van der Waals surface area (Å²) in [6, 6.07) is 0. The molecule has 0 atom stereocenters. The van der Waals surface area contributed by atoms with Crippen LogP contribution in [-0.4, -0.2) is 24.9 Å².